The van der Waals surface area contributed by atoms with Gasteiger partial charge in [-0.15, -0.1) is 0 Å². The largest absolute Gasteiger partial charge is 0.507 e. The van der Waals surface area contributed by atoms with E-state index in [2.05, 4.69) is 37.6 Å². The third kappa shape index (κ3) is 6.48. The Morgan fingerprint density at radius 1 is 1.14 bits per heavy atom. The van der Waals surface area contributed by atoms with Crippen LogP contribution in [0.5, 0.6) is 5.75 Å². The summed E-state index contributed by atoms with van der Waals surface area (Å²) in [6.07, 6.45) is 4.75. The molecule has 1 aromatic carbocycles. The van der Waals surface area contributed by atoms with Gasteiger partial charge in [-0.1, -0.05) is 39.8 Å². The number of amides is 1. The maximum absolute atomic E-state index is 13.2. The van der Waals surface area contributed by atoms with Crippen molar-refractivity contribution in [3.63, 3.8) is 0 Å². The summed E-state index contributed by atoms with van der Waals surface area (Å²) in [6, 6.07) is 10.1. The number of Topliss-reactive ketones (excluding diaryl/α,β-unsaturated/α-hetero) is 1. The number of carbonyl (C=O) groups is 2. The molecular weight excluding hydrogens is 442 g/mol. The first-order chi connectivity index (χ1) is 16.9. The SMILES string of the molecule is CCN(CC)CCCN1C(=O)C(=O)/C(=C(/O)c2ccncc2)C1c1cccc(OCCC(C)C)c1. The molecule has 1 aliphatic heterocycles. The van der Waals surface area contributed by atoms with Crippen molar-refractivity contribution in [1.82, 2.24) is 14.8 Å². The minimum Gasteiger partial charge on any atom is -0.507 e. The molecule has 35 heavy (non-hydrogen) atoms. The fraction of sp³-hybridized carbons (Fsp3) is 0.464. The van der Waals surface area contributed by atoms with Gasteiger partial charge in [0.05, 0.1) is 18.2 Å². The van der Waals surface area contributed by atoms with Gasteiger partial charge in [0.1, 0.15) is 11.5 Å². The number of hydrogen-bond acceptors (Lipinski definition) is 6. The molecule has 0 spiro atoms. The van der Waals surface area contributed by atoms with E-state index in [9.17, 15) is 14.7 Å². The van der Waals surface area contributed by atoms with Gasteiger partial charge < -0.3 is 19.6 Å². The summed E-state index contributed by atoms with van der Waals surface area (Å²) in [7, 11) is 0. The van der Waals surface area contributed by atoms with Crippen LogP contribution in [0.4, 0.5) is 0 Å². The van der Waals surface area contributed by atoms with Crippen molar-refractivity contribution in [3.8, 4) is 5.75 Å². The molecule has 7 nitrogen and oxygen atoms in total. The second-order valence-electron chi connectivity index (χ2n) is 9.21. The number of ether oxygens (including phenoxy) is 1. The maximum atomic E-state index is 13.2. The van der Waals surface area contributed by atoms with Gasteiger partial charge in [-0.2, -0.15) is 0 Å². The standard InChI is InChI=1S/C28H37N3O4/c1-5-30(6-2)16-8-17-31-25(22-9-7-10-23(19-22)35-18-13-20(3)4)24(27(33)28(31)34)26(32)21-11-14-29-15-12-21/h7,9-12,14-15,19-20,25,32H,5-6,8,13,16-18H2,1-4H3/b26-24+. The highest BCUT2D eigenvalue weighted by atomic mass is 16.5. The molecule has 0 saturated carbocycles. The van der Waals surface area contributed by atoms with Crippen molar-refractivity contribution in [1.29, 1.82) is 0 Å². The number of carbonyl (C=O) groups excluding carboxylic acids is 2. The number of aliphatic hydroxyl groups is 1. The van der Waals surface area contributed by atoms with Gasteiger partial charge in [-0.25, -0.2) is 0 Å². The van der Waals surface area contributed by atoms with Gasteiger partial charge in [-0.05, 0) is 68.2 Å². The molecule has 1 amide bonds. The summed E-state index contributed by atoms with van der Waals surface area (Å²) in [5, 5.41) is 11.1. The van der Waals surface area contributed by atoms with E-state index in [0.29, 0.717) is 30.4 Å². The minimum absolute atomic E-state index is 0.100. The predicted octanol–water partition coefficient (Wildman–Crippen LogP) is 4.66. The Kier molecular flexibility index (Phi) is 9.43. The summed E-state index contributed by atoms with van der Waals surface area (Å²) in [5.41, 5.74) is 1.29. The number of benzene rings is 1. The summed E-state index contributed by atoms with van der Waals surface area (Å²) in [5.74, 6) is -0.236. The predicted molar refractivity (Wildman–Crippen MR) is 137 cm³/mol. The van der Waals surface area contributed by atoms with E-state index in [1.54, 1.807) is 29.4 Å². The highest BCUT2D eigenvalue weighted by Gasteiger charge is 2.45. The van der Waals surface area contributed by atoms with Crippen LogP contribution in [0.2, 0.25) is 0 Å². The number of pyridine rings is 1. The van der Waals surface area contributed by atoms with Gasteiger partial charge in [-0.3, -0.25) is 14.6 Å². The molecule has 0 radical (unpaired) electrons. The Bertz CT molecular complexity index is 1030. The zero-order valence-corrected chi connectivity index (χ0v) is 21.2. The van der Waals surface area contributed by atoms with Crippen LogP contribution >= 0.6 is 0 Å². The van der Waals surface area contributed by atoms with Crippen molar-refractivity contribution in [2.24, 2.45) is 5.92 Å². The Morgan fingerprint density at radius 3 is 2.51 bits per heavy atom. The summed E-state index contributed by atoms with van der Waals surface area (Å²) in [6.45, 7) is 12.2. The molecule has 7 heteroatoms. The van der Waals surface area contributed by atoms with Gasteiger partial charge in [0, 0.05) is 24.5 Å². The number of hydrogen-bond donors (Lipinski definition) is 1. The molecule has 2 aromatic rings. The minimum atomic E-state index is -0.687. The van der Waals surface area contributed by atoms with Crippen LogP contribution in [0.25, 0.3) is 5.76 Å². The number of rotatable bonds is 12. The van der Waals surface area contributed by atoms with Gasteiger partial charge in [0.15, 0.2) is 0 Å². The quantitative estimate of drug-likeness (QED) is 0.271. The lowest BCUT2D eigenvalue weighted by atomic mass is 9.95. The topological polar surface area (TPSA) is 83.0 Å². The van der Waals surface area contributed by atoms with Crippen LogP contribution in [0.1, 0.15) is 57.7 Å². The number of nitrogens with zero attached hydrogens (tertiary/aromatic N) is 3. The van der Waals surface area contributed by atoms with Crippen LogP contribution < -0.4 is 4.74 Å². The van der Waals surface area contributed by atoms with E-state index in [-0.39, 0.29) is 11.3 Å². The lowest BCUT2D eigenvalue weighted by Crippen LogP contribution is -2.33. The molecule has 1 aromatic heterocycles. The summed E-state index contributed by atoms with van der Waals surface area (Å²) < 4.78 is 5.95. The molecule has 1 N–H and O–H groups in total. The van der Waals surface area contributed by atoms with Crippen LogP contribution in [-0.2, 0) is 9.59 Å². The molecule has 0 aliphatic carbocycles. The maximum Gasteiger partial charge on any atom is 0.295 e. The lowest BCUT2D eigenvalue weighted by molar-refractivity contribution is -0.140. The first-order valence-electron chi connectivity index (χ1n) is 12.5. The highest BCUT2D eigenvalue weighted by Crippen LogP contribution is 2.40. The monoisotopic (exact) mass is 479 g/mol. The molecular formula is C28H37N3O4. The average Bonchev–Trinajstić information content (AvgIpc) is 3.11. The van der Waals surface area contributed by atoms with Crippen LogP contribution in [0.3, 0.4) is 0 Å². The van der Waals surface area contributed by atoms with Crippen molar-refractivity contribution in [2.75, 3.05) is 32.8 Å². The number of aromatic nitrogens is 1. The summed E-state index contributed by atoms with van der Waals surface area (Å²) >= 11 is 0. The molecule has 3 rings (SSSR count). The van der Waals surface area contributed by atoms with E-state index in [4.69, 9.17) is 4.74 Å². The molecule has 1 fully saturated rings. The van der Waals surface area contributed by atoms with E-state index < -0.39 is 17.7 Å². The van der Waals surface area contributed by atoms with Crippen LogP contribution in [-0.4, -0.2) is 64.4 Å². The van der Waals surface area contributed by atoms with Crippen LogP contribution in [0.15, 0.2) is 54.4 Å². The van der Waals surface area contributed by atoms with Crippen molar-refractivity contribution < 1.29 is 19.4 Å². The first-order valence-corrected chi connectivity index (χ1v) is 12.5. The number of ketones is 1. The second kappa shape index (κ2) is 12.5. The first kappa shape index (κ1) is 26.4. The molecule has 1 atom stereocenters. The number of likely N-dealkylation sites (tertiary alicyclic amines) is 1. The third-order valence-corrected chi connectivity index (χ3v) is 6.40. The zero-order chi connectivity index (χ0) is 25.4. The van der Waals surface area contributed by atoms with Gasteiger partial charge >= 0.3 is 0 Å². The molecule has 1 unspecified atom stereocenters. The second-order valence-corrected chi connectivity index (χ2v) is 9.21. The normalized spacial score (nSPS) is 17.5. The van der Waals surface area contributed by atoms with Crippen LogP contribution in [0, 0.1) is 5.92 Å². The van der Waals surface area contributed by atoms with E-state index in [1.165, 1.54) is 0 Å². The lowest BCUT2D eigenvalue weighted by Gasteiger charge is -2.27. The Balaban J connectivity index is 1.98. The Labute approximate surface area is 208 Å². The van der Waals surface area contributed by atoms with E-state index >= 15 is 0 Å². The third-order valence-electron chi connectivity index (χ3n) is 6.40. The van der Waals surface area contributed by atoms with Gasteiger partial charge in [0.2, 0.25) is 0 Å². The zero-order valence-electron chi connectivity index (χ0n) is 21.2. The van der Waals surface area contributed by atoms with Crippen molar-refractivity contribution in [3.05, 3.63) is 65.5 Å². The van der Waals surface area contributed by atoms with E-state index in [0.717, 1.165) is 38.0 Å². The molecule has 1 aliphatic rings. The molecule has 1 saturated heterocycles. The fourth-order valence-electron chi connectivity index (χ4n) is 4.31. The molecule has 0 bridgehead atoms. The van der Waals surface area contributed by atoms with Crippen molar-refractivity contribution in [2.45, 2.75) is 46.6 Å². The average molecular weight is 480 g/mol. The number of aliphatic hydroxyl groups excluding tert-OH is 1. The molecule has 188 valence electrons. The Morgan fingerprint density at radius 2 is 1.86 bits per heavy atom. The van der Waals surface area contributed by atoms with Crippen molar-refractivity contribution >= 4 is 17.4 Å². The molecule has 2 heterocycles. The highest BCUT2D eigenvalue weighted by molar-refractivity contribution is 6.46. The Hall–Kier alpha value is -3.19. The fourth-order valence-corrected chi connectivity index (χ4v) is 4.31. The summed E-state index contributed by atoms with van der Waals surface area (Å²) in [4.78, 5) is 34.2. The van der Waals surface area contributed by atoms with Gasteiger partial charge in [0.25, 0.3) is 11.7 Å². The van der Waals surface area contributed by atoms with E-state index in [1.807, 2.05) is 24.3 Å². The smallest absolute Gasteiger partial charge is 0.295 e.